The van der Waals surface area contributed by atoms with Crippen molar-refractivity contribution in [2.24, 2.45) is 0 Å². The first-order chi connectivity index (χ1) is 14.7. The van der Waals surface area contributed by atoms with E-state index in [4.69, 9.17) is 9.47 Å². The van der Waals surface area contributed by atoms with Crippen molar-refractivity contribution in [3.8, 4) is 0 Å². The lowest BCUT2D eigenvalue weighted by Gasteiger charge is -2.29. The van der Waals surface area contributed by atoms with Gasteiger partial charge in [-0.3, -0.25) is 19.9 Å². The Kier molecular flexibility index (Phi) is 9.22. The first-order valence-electron chi connectivity index (χ1n) is 10.0. The van der Waals surface area contributed by atoms with E-state index in [0.29, 0.717) is 31.9 Å². The highest BCUT2D eigenvalue weighted by molar-refractivity contribution is 6.07. The van der Waals surface area contributed by atoms with E-state index in [-0.39, 0.29) is 23.8 Å². The molecule has 9 heteroatoms. The van der Waals surface area contributed by atoms with Crippen LogP contribution >= 0.6 is 12.4 Å². The van der Waals surface area contributed by atoms with E-state index in [1.807, 2.05) is 48.6 Å². The molecule has 0 unspecified atom stereocenters. The number of morpholine rings is 1. The lowest BCUT2D eigenvalue weighted by Crippen LogP contribution is -2.39. The van der Waals surface area contributed by atoms with Crippen molar-refractivity contribution in [2.45, 2.75) is 6.42 Å². The fourth-order valence-corrected chi connectivity index (χ4v) is 3.73. The van der Waals surface area contributed by atoms with Gasteiger partial charge >= 0.3 is 6.09 Å². The van der Waals surface area contributed by atoms with Gasteiger partial charge in [0, 0.05) is 31.7 Å². The average Bonchev–Trinajstić information content (AvgIpc) is 2.94. The first kappa shape index (κ1) is 25.4. The second-order valence-corrected chi connectivity index (χ2v) is 7.22. The Labute approximate surface area is 193 Å². The maximum absolute atomic E-state index is 13.4. The van der Waals surface area contributed by atoms with E-state index in [2.05, 4.69) is 10.2 Å². The van der Waals surface area contributed by atoms with E-state index in [9.17, 15) is 9.59 Å². The van der Waals surface area contributed by atoms with Gasteiger partial charge in [-0.15, -0.1) is 12.4 Å². The average molecular weight is 462 g/mol. The van der Waals surface area contributed by atoms with Gasteiger partial charge in [0.15, 0.2) is 0 Å². The highest BCUT2D eigenvalue weighted by Crippen LogP contribution is 2.38. The van der Waals surface area contributed by atoms with Crippen LogP contribution in [0.3, 0.4) is 0 Å². The van der Waals surface area contributed by atoms with Gasteiger partial charge in [-0.05, 0) is 29.3 Å². The van der Waals surface area contributed by atoms with Crippen LogP contribution in [0.25, 0.3) is 12.2 Å². The smallest absolute Gasteiger partial charge is 0.411 e. The number of halogens is 1. The molecule has 0 bridgehead atoms. The Hall–Kier alpha value is -2.91. The second kappa shape index (κ2) is 11.6. The van der Waals surface area contributed by atoms with E-state index in [0.717, 1.165) is 35.6 Å². The molecule has 2 aromatic rings. The summed E-state index contributed by atoms with van der Waals surface area (Å²) in [5, 5.41) is 2.68. The Balaban J connectivity index is 0.00000181. The number of nitrogens with zero attached hydrogens (tertiary/aromatic N) is 2. The Morgan fingerprint density at radius 1 is 1.03 bits per heavy atom. The molecule has 2 heterocycles. The van der Waals surface area contributed by atoms with Crippen molar-refractivity contribution in [1.29, 1.82) is 0 Å². The van der Waals surface area contributed by atoms with Crippen molar-refractivity contribution < 1.29 is 24.5 Å². The number of ether oxygens (including phenoxy) is 2. The monoisotopic (exact) mass is 461 g/mol. The molecule has 0 spiro atoms. The summed E-state index contributed by atoms with van der Waals surface area (Å²) in [6.45, 7) is 3.78. The van der Waals surface area contributed by atoms with Crippen LogP contribution in [-0.4, -0.2) is 62.3 Å². The third kappa shape index (κ3) is 5.66. The molecule has 172 valence electrons. The molecule has 2 aliphatic heterocycles. The maximum atomic E-state index is 13.4. The van der Waals surface area contributed by atoms with Crippen LogP contribution in [0.1, 0.15) is 17.5 Å². The van der Waals surface area contributed by atoms with Gasteiger partial charge in [-0.25, -0.2) is 4.79 Å². The largest absolute Gasteiger partial charge is 0.453 e. The molecule has 4 rings (SSSR count). The number of fused-ring (bicyclic) bond motifs is 2. The lowest BCUT2D eigenvalue weighted by atomic mass is 10.1. The molecule has 3 N–H and O–H groups in total. The lowest BCUT2D eigenvalue weighted by molar-refractivity contribution is -0.118. The molecule has 0 radical (unpaired) electrons. The Morgan fingerprint density at radius 3 is 2.44 bits per heavy atom. The zero-order valence-corrected chi connectivity index (χ0v) is 18.7. The second-order valence-electron chi connectivity index (χ2n) is 7.22. The summed E-state index contributed by atoms with van der Waals surface area (Å²) in [5.74, 6) is 0.00844. The van der Waals surface area contributed by atoms with Gasteiger partial charge in [-0.2, -0.15) is 0 Å². The van der Waals surface area contributed by atoms with Crippen molar-refractivity contribution >= 4 is 53.6 Å². The van der Waals surface area contributed by atoms with E-state index >= 15 is 0 Å². The summed E-state index contributed by atoms with van der Waals surface area (Å²) in [6.07, 6.45) is 3.84. The molecule has 0 atom stereocenters. The van der Waals surface area contributed by atoms with Crippen LogP contribution in [0.4, 0.5) is 21.9 Å². The third-order valence-electron chi connectivity index (χ3n) is 5.32. The summed E-state index contributed by atoms with van der Waals surface area (Å²) < 4.78 is 10.1. The van der Waals surface area contributed by atoms with Gasteiger partial charge in [0.05, 0.1) is 31.7 Å². The predicted octanol–water partition coefficient (Wildman–Crippen LogP) is 3.33. The van der Waals surface area contributed by atoms with Crippen molar-refractivity contribution in [3.63, 3.8) is 0 Å². The number of hydrogen-bond donors (Lipinski definition) is 1. The van der Waals surface area contributed by atoms with Crippen LogP contribution in [0.15, 0.2) is 42.5 Å². The van der Waals surface area contributed by atoms with Crippen LogP contribution in [0, 0.1) is 0 Å². The Bertz CT molecular complexity index is 976. The molecular weight excluding hydrogens is 434 g/mol. The summed E-state index contributed by atoms with van der Waals surface area (Å²) in [5.41, 5.74) is 4.00. The predicted molar refractivity (Wildman–Crippen MR) is 128 cm³/mol. The highest BCUT2D eigenvalue weighted by Gasteiger charge is 2.25. The highest BCUT2D eigenvalue weighted by atomic mass is 35.5. The number of anilines is 3. The third-order valence-corrected chi connectivity index (χ3v) is 5.32. The molecule has 32 heavy (non-hydrogen) atoms. The number of para-hydroxylation sites is 1. The standard InChI is InChI=1S/C23H25N3O4.ClH.H2O/c1-29-23(28)24-19-9-8-18-7-6-17-4-2-3-5-20(17)26(21(18)16-19)22(27)10-11-25-12-14-30-15-13-25;;/h2-9,16H,10-15H2,1H3,(H,24,28);1H;1H2. The molecule has 0 aromatic heterocycles. The Morgan fingerprint density at radius 2 is 1.72 bits per heavy atom. The first-order valence-corrected chi connectivity index (χ1v) is 10.0. The molecule has 1 fully saturated rings. The van der Waals surface area contributed by atoms with Gasteiger partial charge in [-0.1, -0.05) is 36.4 Å². The minimum Gasteiger partial charge on any atom is -0.453 e. The molecule has 0 aliphatic carbocycles. The number of carbonyl (C=O) groups is 2. The van der Waals surface area contributed by atoms with Gasteiger partial charge in [0.2, 0.25) is 5.91 Å². The molecule has 8 nitrogen and oxygen atoms in total. The van der Waals surface area contributed by atoms with E-state index < -0.39 is 6.09 Å². The number of rotatable bonds is 4. The van der Waals surface area contributed by atoms with E-state index in [1.165, 1.54) is 7.11 Å². The van der Waals surface area contributed by atoms with Crippen molar-refractivity contribution in [1.82, 2.24) is 4.90 Å². The van der Waals surface area contributed by atoms with Crippen molar-refractivity contribution in [2.75, 3.05) is 50.2 Å². The summed E-state index contributed by atoms with van der Waals surface area (Å²) >= 11 is 0. The van der Waals surface area contributed by atoms with Crippen molar-refractivity contribution in [3.05, 3.63) is 53.6 Å². The molecule has 0 saturated carbocycles. The minimum atomic E-state index is -0.551. The number of hydrogen-bond acceptors (Lipinski definition) is 5. The fourth-order valence-electron chi connectivity index (χ4n) is 3.73. The maximum Gasteiger partial charge on any atom is 0.411 e. The number of methoxy groups -OCH3 is 1. The van der Waals surface area contributed by atoms with Gasteiger partial charge < -0.3 is 14.9 Å². The quantitative estimate of drug-likeness (QED) is 0.752. The number of amides is 2. The molecule has 2 amide bonds. The van der Waals surface area contributed by atoms with E-state index in [1.54, 1.807) is 11.0 Å². The van der Waals surface area contributed by atoms with Crippen LogP contribution in [0.2, 0.25) is 0 Å². The number of carbonyl (C=O) groups excluding carboxylic acids is 2. The van der Waals surface area contributed by atoms with Gasteiger partial charge in [0.1, 0.15) is 0 Å². The number of benzene rings is 2. The molecule has 1 saturated heterocycles. The zero-order chi connectivity index (χ0) is 20.9. The van der Waals surface area contributed by atoms with Crippen LogP contribution in [-0.2, 0) is 14.3 Å². The summed E-state index contributed by atoms with van der Waals surface area (Å²) in [7, 11) is 1.32. The van der Waals surface area contributed by atoms with Crippen LogP contribution in [0.5, 0.6) is 0 Å². The van der Waals surface area contributed by atoms with Gasteiger partial charge in [0.25, 0.3) is 0 Å². The summed E-state index contributed by atoms with van der Waals surface area (Å²) in [4.78, 5) is 29.1. The summed E-state index contributed by atoms with van der Waals surface area (Å²) in [6, 6.07) is 13.3. The molecule has 2 aliphatic rings. The molecular formula is C23H28ClN3O5. The number of nitrogens with one attached hydrogen (secondary N) is 1. The topological polar surface area (TPSA) is 103 Å². The normalized spacial score (nSPS) is 14.7. The zero-order valence-electron chi connectivity index (χ0n) is 17.9. The minimum absolute atomic E-state index is 0. The van der Waals surface area contributed by atoms with Crippen LogP contribution < -0.4 is 10.2 Å². The SMILES string of the molecule is COC(=O)Nc1ccc2c(c1)N(C(=O)CCN1CCOCC1)c1ccccc1C=C2.Cl.O. The molecule has 2 aromatic carbocycles. The fraction of sp³-hybridized carbons (Fsp3) is 0.304.